The Balaban J connectivity index is 1.72. The molecule has 4 heteroatoms. The van der Waals surface area contributed by atoms with Gasteiger partial charge in [-0.05, 0) is 66.2 Å². The second kappa shape index (κ2) is 10.1. The summed E-state index contributed by atoms with van der Waals surface area (Å²) < 4.78 is 6.25. The Morgan fingerprint density at radius 1 is 1.09 bits per heavy atom. The minimum absolute atomic E-state index is 0.0583. The molecule has 2 aromatic rings. The zero-order valence-electron chi connectivity index (χ0n) is 19.6. The fourth-order valence-electron chi connectivity index (χ4n) is 4.16. The third kappa shape index (κ3) is 5.61. The van der Waals surface area contributed by atoms with E-state index in [2.05, 4.69) is 39.8 Å². The molecule has 1 unspecified atom stereocenters. The summed E-state index contributed by atoms with van der Waals surface area (Å²) in [6.45, 7) is 8.47. The van der Waals surface area contributed by atoms with E-state index in [1.165, 1.54) is 17.2 Å². The first kappa shape index (κ1) is 23.6. The van der Waals surface area contributed by atoms with E-state index in [1.807, 2.05) is 6.07 Å². The summed E-state index contributed by atoms with van der Waals surface area (Å²) in [5.41, 5.74) is 3.30. The van der Waals surface area contributed by atoms with Gasteiger partial charge in [-0.1, -0.05) is 53.6 Å². The van der Waals surface area contributed by atoms with E-state index in [-0.39, 0.29) is 22.7 Å². The average molecular weight is 435 g/mol. The van der Waals surface area contributed by atoms with Gasteiger partial charge in [-0.15, -0.1) is 0 Å². The van der Waals surface area contributed by atoms with E-state index in [0.29, 0.717) is 23.3 Å². The maximum Gasteiger partial charge on any atom is 0.200 e. The first-order chi connectivity index (χ1) is 15.2. The fourth-order valence-corrected chi connectivity index (χ4v) is 4.16. The average Bonchev–Trinajstić information content (AvgIpc) is 2.73. The van der Waals surface area contributed by atoms with Gasteiger partial charge in [-0.2, -0.15) is 0 Å². The predicted molar refractivity (Wildman–Crippen MR) is 129 cm³/mol. The molecule has 170 valence electrons. The van der Waals surface area contributed by atoms with Crippen molar-refractivity contribution in [2.24, 2.45) is 0 Å². The van der Waals surface area contributed by atoms with Crippen LogP contribution in [0.15, 0.2) is 59.7 Å². The summed E-state index contributed by atoms with van der Waals surface area (Å²) in [5.74, 6) is -0.367. The maximum atomic E-state index is 12.8. The van der Waals surface area contributed by atoms with Crippen LogP contribution in [0.3, 0.4) is 0 Å². The molecule has 3 rings (SSSR count). The van der Waals surface area contributed by atoms with Gasteiger partial charge in [-0.3, -0.25) is 4.79 Å². The molecule has 0 fully saturated rings. The molecule has 2 N–H and O–H groups in total. The number of ketones is 1. The van der Waals surface area contributed by atoms with Crippen molar-refractivity contribution in [2.45, 2.75) is 71.8 Å². The molecule has 1 aliphatic rings. The molecule has 1 heterocycles. The normalized spacial score (nSPS) is 17.9. The minimum atomic E-state index is -0.398. The third-order valence-electron chi connectivity index (χ3n) is 6.12. The molecule has 0 bridgehead atoms. The highest BCUT2D eigenvalue weighted by Crippen LogP contribution is 2.45. The lowest BCUT2D eigenvalue weighted by atomic mass is 9.86. The number of phenols is 2. The molecule has 0 spiro atoms. The van der Waals surface area contributed by atoms with Crippen molar-refractivity contribution in [3.05, 3.63) is 76.4 Å². The van der Waals surface area contributed by atoms with Crippen LogP contribution in [0.25, 0.3) is 0 Å². The van der Waals surface area contributed by atoms with E-state index in [4.69, 9.17) is 4.74 Å². The fraction of sp³-hybridized carbons (Fsp3) is 0.393. The first-order valence-corrected chi connectivity index (χ1v) is 11.4. The molecule has 0 aliphatic carbocycles. The molecule has 0 amide bonds. The Kier molecular flexibility index (Phi) is 7.44. The molecule has 0 radical (unpaired) electrons. The number of ether oxygens (including phenoxy) is 1. The topological polar surface area (TPSA) is 66.8 Å². The van der Waals surface area contributed by atoms with Crippen LogP contribution in [-0.4, -0.2) is 21.6 Å². The highest BCUT2D eigenvalue weighted by molar-refractivity contribution is 6.12. The molecule has 0 aromatic heterocycles. The molecule has 32 heavy (non-hydrogen) atoms. The van der Waals surface area contributed by atoms with Gasteiger partial charge >= 0.3 is 0 Å². The van der Waals surface area contributed by atoms with Gasteiger partial charge in [0.25, 0.3) is 0 Å². The number of hydrogen-bond donors (Lipinski definition) is 2. The standard InChI is InChI=1S/C28H34O4/c1-19(2)10-8-11-20(3)12-9-16-28(4)17-15-22-24(32-28)18-23(29)25(27(22)31)26(30)21-13-6-5-7-14-21/h5-7,10,12-14,18,29,31H,8-9,11,15-17H2,1-4H3/b20-12+. The van der Waals surface area contributed by atoms with Crippen LogP contribution in [0.4, 0.5) is 0 Å². The SMILES string of the molecule is CC(C)=CCC/C(C)=C/CCC1(C)CCc2c(cc(O)c(C(=O)c3ccccc3)c2O)O1. The Hall–Kier alpha value is -3.01. The Labute approximate surface area is 191 Å². The lowest BCUT2D eigenvalue weighted by molar-refractivity contribution is 0.0560. The number of aromatic hydroxyl groups is 2. The van der Waals surface area contributed by atoms with E-state index in [0.717, 1.165) is 32.1 Å². The first-order valence-electron chi connectivity index (χ1n) is 11.4. The van der Waals surface area contributed by atoms with E-state index >= 15 is 0 Å². The number of allylic oxidation sites excluding steroid dienone is 4. The number of benzene rings is 2. The van der Waals surface area contributed by atoms with Gasteiger partial charge in [0, 0.05) is 17.2 Å². The molecule has 1 atom stereocenters. The number of fused-ring (bicyclic) bond motifs is 1. The second-order valence-corrected chi connectivity index (χ2v) is 9.25. The lowest BCUT2D eigenvalue weighted by Crippen LogP contribution is -2.36. The smallest absolute Gasteiger partial charge is 0.200 e. The van der Waals surface area contributed by atoms with Gasteiger partial charge < -0.3 is 14.9 Å². The van der Waals surface area contributed by atoms with Crippen LogP contribution in [0.2, 0.25) is 0 Å². The van der Waals surface area contributed by atoms with Crippen LogP contribution < -0.4 is 4.74 Å². The highest BCUT2D eigenvalue weighted by atomic mass is 16.5. The van der Waals surface area contributed by atoms with Crippen molar-refractivity contribution in [2.75, 3.05) is 0 Å². The second-order valence-electron chi connectivity index (χ2n) is 9.25. The number of hydrogen-bond acceptors (Lipinski definition) is 4. The van der Waals surface area contributed by atoms with Crippen LogP contribution >= 0.6 is 0 Å². The van der Waals surface area contributed by atoms with Crippen molar-refractivity contribution in [1.82, 2.24) is 0 Å². The quantitative estimate of drug-likeness (QED) is 0.351. The lowest BCUT2D eigenvalue weighted by Gasteiger charge is -2.36. The Morgan fingerprint density at radius 3 is 2.50 bits per heavy atom. The van der Waals surface area contributed by atoms with Crippen LogP contribution in [0, 0.1) is 0 Å². The number of carbonyl (C=O) groups excluding carboxylic acids is 1. The van der Waals surface area contributed by atoms with Gasteiger partial charge in [0.2, 0.25) is 5.78 Å². The number of rotatable bonds is 8. The Bertz CT molecular complexity index is 1030. The Morgan fingerprint density at radius 2 is 1.81 bits per heavy atom. The molecular weight excluding hydrogens is 400 g/mol. The van der Waals surface area contributed by atoms with Gasteiger partial charge in [0.05, 0.1) is 0 Å². The van der Waals surface area contributed by atoms with E-state index in [9.17, 15) is 15.0 Å². The molecule has 0 saturated carbocycles. The molecular formula is C28H34O4. The number of carbonyl (C=O) groups is 1. The summed E-state index contributed by atoms with van der Waals surface area (Å²) in [7, 11) is 0. The summed E-state index contributed by atoms with van der Waals surface area (Å²) in [4.78, 5) is 12.8. The molecule has 4 nitrogen and oxygen atoms in total. The highest BCUT2D eigenvalue weighted by Gasteiger charge is 2.35. The predicted octanol–water partition coefficient (Wildman–Crippen LogP) is 6.89. The van der Waals surface area contributed by atoms with Crippen molar-refractivity contribution >= 4 is 5.78 Å². The summed E-state index contributed by atoms with van der Waals surface area (Å²) >= 11 is 0. The monoisotopic (exact) mass is 434 g/mol. The summed E-state index contributed by atoms with van der Waals surface area (Å²) in [5, 5.41) is 21.4. The molecule has 2 aromatic carbocycles. The number of phenolic OH excluding ortho intramolecular Hbond substituents is 2. The van der Waals surface area contributed by atoms with Crippen molar-refractivity contribution in [3.8, 4) is 17.2 Å². The van der Waals surface area contributed by atoms with Crippen molar-refractivity contribution in [3.63, 3.8) is 0 Å². The van der Waals surface area contributed by atoms with Crippen LogP contribution in [0.1, 0.15) is 81.3 Å². The zero-order chi connectivity index (χ0) is 23.3. The minimum Gasteiger partial charge on any atom is -0.507 e. The molecule has 0 saturated heterocycles. The van der Waals surface area contributed by atoms with Crippen LogP contribution in [0.5, 0.6) is 17.2 Å². The third-order valence-corrected chi connectivity index (χ3v) is 6.12. The van der Waals surface area contributed by atoms with E-state index in [1.54, 1.807) is 24.3 Å². The van der Waals surface area contributed by atoms with E-state index < -0.39 is 5.78 Å². The van der Waals surface area contributed by atoms with Crippen molar-refractivity contribution in [1.29, 1.82) is 0 Å². The van der Waals surface area contributed by atoms with Gasteiger partial charge in [0.1, 0.15) is 28.4 Å². The molecule has 1 aliphatic heterocycles. The van der Waals surface area contributed by atoms with Crippen LogP contribution in [-0.2, 0) is 6.42 Å². The summed E-state index contributed by atoms with van der Waals surface area (Å²) in [6.07, 6.45) is 9.75. The van der Waals surface area contributed by atoms with Crippen molar-refractivity contribution < 1.29 is 19.7 Å². The zero-order valence-corrected chi connectivity index (χ0v) is 19.6. The maximum absolute atomic E-state index is 12.8. The summed E-state index contributed by atoms with van der Waals surface area (Å²) in [6, 6.07) is 10.1. The largest absolute Gasteiger partial charge is 0.507 e. The van der Waals surface area contributed by atoms with Gasteiger partial charge in [-0.25, -0.2) is 0 Å². The van der Waals surface area contributed by atoms with Gasteiger partial charge in [0.15, 0.2) is 0 Å².